The monoisotopic (exact) mass is 460 g/mol. The Balaban J connectivity index is 2.66. The van der Waals surface area contributed by atoms with E-state index in [0.29, 0.717) is 23.0 Å². The van der Waals surface area contributed by atoms with Gasteiger partial charge in [-0.3, -0.25) is 4.79 Å². The molecule has 0 bridgehead atoms. The molecule has 0 saturated carbocycles. The number of hydrogen-bond acceptors (Lipinski definition) is 8. The molecular formula is C24H36N4O5. The minimum atomic E-state index is -0.247. The van der Waals surface area contributed by atoms with Gasteiger partial charge in [0, 0.05) is 38.5 Å². The third kappa shape index (κ3) is 6.63. The predicted octanol–water partition coefficient (Wildman–Crippen LogP) is 3.69. The largest absolute Gasteiger partial charge is 0.478 e. The van der Waals surface area contributed by atoms with Gasteiger partial charge in [0.2, 0.25) is 0 Å². The summed E-state index contributed by atoms with van der Waals surface area (Å²) in [4.78, 5) is 22.2. The van der Waals surface area contributed by atoms with E-state index in [1.165, 1.54) is 7.11 Å². The molecule has 9 heteroatoms. The van der Waals surface area contributed by atoms with Gasteiger partial charge in [-0.05, 0) is 43.0 Å². The highest BCUT2D eigenvalue weighted by atomic mass is 16.5. The van der Waals surface area contributed by atoms with Crippen LogP contribution in [0.5, 0.6) is 5.88 Å². The van der Waals surface area contributed by atoms with Gasteiger partial charge in [0.15, 0.2) is 5.82 Å². The molecule has 0 spiro atoms. The van der Waals surface area contributed by atoms with Gasteiger partial charge in [-0.15, -0.1) is 0 Å². The molecule has 0 saturated heterocycles. The lowest BCUT2D eigenvalue weighted by Gasteiger charge is -2.21. The summed E-state index contributed by atoms with van der Waals surface area (Å²) in [6, 6.07) is 3.87. The van der Waals surface area contributed by atoms with Gasteiger partial charge in [-0.1, -0.05) is 13.8 Å². The molecule has 2 rings (SSSR count). The van der Waals surface area contributed by atoms with E-state index >= 15 is 0 Å². The molecule has 182 valence electrons. The number of aryl methyl sites for hydroxylation is 1. The van der Waals surface area contributed by atoms with Crippen LogP contribution >= 0.6 is 0 Å². The SMILES string of the molecule is CCC(CC)Nc1nc(C)c(-c2c(COC)cc(C(=O)NCOC)cc2COC)nc1OC. The number of nitrogens with one attached hydrogen (secondary N) is 2. The zero-order chi connectivity index (χ0) is 24.4. The first-order valence-electron chi connectivity index (χ1n) is 11.0. The topological polar surface area (TPSA) is 104 Å². The van der Waals surface area contributed by atoms with E-state index in [1.54, 1.807) is 33.5 Å². The third-order valence-electron chi connectivity index (χ3n) is 5.34. The molecule has 1 heterocycles. The molecule has 9 nitrogen and oxygen atoms in total. The molecule has 0 unspecified atom stereocenters. The Labute approximate surface area is 196 Å². The van der Waals surface area contributed by atoms with Crippen molar-refractivity contribution in [1.82, 2.24) is 15.3 Å². The third-order valence-corrected chi connectivity index (χ3v) is 5.34. The first-order valence-corrected chi connectivity index (χ1v) is 11.0. The fourth-order valence-corrected chi connectivity index (χ4v) is 3.64. The molecule has 1 aromatic carbocycles. The summed E-state index contributed by atoms with van der Waals surface area (Å²) in [6.45, 7) is 6.85. The molecule has 0 fully saturated rings. The molecule has 0 aliphatic rings. The number of ether oxygens (including phenoxy) is 4. The predicted molar refractivity (Wildman–Crippen MR) is 128 cm³/mol. The van der Waals surface area contributed by atoms with Crippen LogP contribution in [-0.4, -0.2) is 57.1 Å². The Kier molecular flexibility index (Phi) is 10.5. The van der Waals surface area contributed by atoms with Crippen molar-refractivity contribution < 1.29 is 23.7 Å². The Morgan fingerprint density at radius 3 is 2.06 bits per heavy atom. The zero-order valence-corrected chi connectivity index (χ0v) is 20.7. The van der Waals surface area contributed by atoms with Gasteiger partial charge in [0.1, 0.15) is 6.73 Å². The Hall–Kier alpha value is -2.75. The molecule has 0 radical (unpaired) electrons. The normalized spacial score (nSPS) is 11.0. The van der Waals surface area contributed by atoms with Crippen LogP contribution in [0.2, 0.25) is 0 Å². The molecule has 0 aliphatic carbocycles. The quantitative estimate of drug-likeness (QED) is 0.436. The van der Waals surface area contributed by atoms with E-state index in [9.17, 15) is 4.79 Å². The Morgan fingerprint density at radius 1 is 0.970 bits per heavy atom. The standard InChI is InChI=1S/C24H36N4O5/c1-8-19(9-2)27-22-24(33-7)28-21(15(3)26-22)20-17(12-30-4)10-16(11-18(20)13-31-5)23(29)25-14-32-6/h10-11,19H,8-9,12-14H2,1-7H3,(H,25,29)(H,26,27). The molecule has 1 aromatic heterocycles. The van der Waals surface area contributed by atoms with Gasteiger partial charge in [-0.2, -0.15) is 0 Å². The van der Waals surface area contributed by atoms with E-state index in [0.717, 1.165) is 35.2 Å². The summed E-state index contributed by atoms with van der Waals surface area (Å²) < 4.78 is 21.4. The lowest BCUT2D eigenvalue weighted by molar-refractivity contribution is 0.0871. The van der Waals surface area contributed by atoms with Gasteiger partial charge in [0.25, 0.3) is 11.8 Å². The second-order valence-electron chi connectivity index (χ2n) is 7.65. The van der Waals surface area contributed by atoms with Crippen molar-refractivity contribution in [2.24, 2.45) is 0 Å². The van der Waals surface area contributed by atoms with Crippen LogP contribution < -0.4 is 15.4 Å². The first-order chi connectivity index (χ1) is 15.9. The number of carbonyl (C=O) groups excluding carboxylic acids is 1. The number of rotatable bonds is 13. The van der Waals surface area contributed by atoms with Crippen molar-refractivity contribution in [2.45, 2.75) is 52.9 Å². The first kappa shape index (κ1) is 26.5. The van der Waals surface area contributed by atoms with Crippen molar-refractivity contribution in [1.29, 1.82) is 0 Å². The lowest BCUT2D eigenvalue weighted by atomic mass is 9.94. The van der Waals surface area contributed by atoms with Crippen molar-refractivity contribution in [3.8, 4) is 17.1 Å². The van der Waals surface area contributed by atoms with Crippen molar-refractivity contribution in [3.63, 3.8) is 0 Å². The van der Waals surface area contributed by atoms with Gasteiger partial charge < -0.3 is 29.6 Å². The van der Waals surface area contributed by atoms with E-state index < -0.39 is 0 Å². The summed E-state index contributed by atoms with van der Waals surface area (Å²) >= 11 is 0. The summed E-state index contributed by atoms with van der Waals surface area (Å²) in [5.74, 6) is 0.781. The smallest absolute Gasteiger partial charge is 0.257 e. The van der Waals surface area contributed by atoms with E-state index in [-0.39, 0.29) is 31.9 Å². The summed E-state index contributed by atoms with van der Waals surface area (Å²) in [7, 11) is 6.32. The minimum Gasteiger partial charge on any atom is -0.478 e. The molecule has 0 aliphatic heterocycles. The summed E-state index contributed by atoms with van der Waals surface area (Å²) in [5, 5.41) is 6.14. The highest BCUT2D eigenvalue weighted by Crippen LogP contribution is 2.34. The second-order valence-corrected chi connectivity index (χ2v) is 7.65. The number of amides is 1. The average Bonchev–Trinajstić information content (AvgIpc) is 2.81. The molecular weight excluding hydrogens is 424 g/mol. The maximum atomic E-state index is 12.6. The average molecular weight is 461 g/mol. The van der Waals surface area contributed by atoms with E-state index in [4.69, 9.17) is 28.9 Å². The highest BCUT2D eigenvalue weighted by Gasteiger charge is 2.22. The number of aromatic nitrogens is 2. The lowest BCUT2D eigenvalue weighted by Crippen LogP contribution is -2.25. The van der Waals surface area contributed by atoms with Gasteiger partial charge in [0.05, 0.1) is 31.7 Å². The molecule has 1 amide bonds. The van der Waals surface area contributed by atoms with E-state index in [1.807, 2.05) is 6.92 Å². The van der Waals surface area contributed by atoms with Crippen LogP contribution in [0.15, 0.2) is 12.1 Å². The Morgan fingerprint density at radius 2 is 1.58 bits per heavy atom. The van der Waals surface area contributed by atoms with Crippen molar-refractivity contribution in [2.75, 3.05) is 40.5 Å². The fraction of sp³-hybridized carbons (Fsp3) is 0.542. The van der Waals surface area contributed by atoms with Crippen molar-refractivity contribution in [3.05, 3.63) is 34.5 Å². The maximum Gasteiger partial charge on any atom is 0.257 e. The molecule has 0 atom stereocenters. The number of carbonyl (C=O) groups is 1. The maximum absolute atomic E-state index is 12.6. The minimum absolute atomic E-state index is 0.118. The number of nitrogens with zero attached hydrogens (tertiary/aromatic N) is 2. The Bertz CT molecular complexity index is 904. The number of anilines is 1. The van der Waals surface area contributed by atoms with Crippen LogP contribution in [0.4, 0.5) is 5.82 Å². The highest BCUT2D eigenvalue weighted by molar-refractivity contribution is 5.95. The zero-order valence-electron chi connectivity index (χ0n) is 20.7. The second kappa shape index (κ2) is 13.1. The number of benzene rings is 1. The van der Waals surface area contributed by atoms with Crippen LogP contribution in [0.25, 0.3) is 11.3 Å². The van der Waals surface area contributed by atoms with Crippen LogP contribution in [0.3, 0.4) is 0 Å². The fourth-order valence-electron chi connectivity index (χ4n) is 3.64. The van der Waals surface area contributed by atoms with Crippen molar-refractivity contribution >= 4 is 11.7 Å². The number of hydrogen-bond donors (Lipinski definition) is 2. The number of methoxy groups -OCH3 is 4. The summed E-state index contributed by atoms with van der Waals surface area (Å²) in [6.07, 6.45) is 1.93. The van der Waals surface area contributed by atoms with Gasteiger partial charge >= 0.3 is 0 Å². The van der Waals surface area contributed by atoms with Gasteiger partial charge in [-0.25, -0.2) is 9.97 Å². The van der Waals surface area contributed by atoms with Crippen LogP contribution in [-0.2, 0) is 27.4 Å². The van der Waals surface area contributed by atoms with Crippen LogP contribution in [0.1, 0.15) is 53.9 Å². The molecule has 2 aromatic rings. The molecule has 33 heavy (non-hydrogen) atoms. The molecule has 2 N–H and O–H groups in total. The van der Waals surface area contributed by atoms with E-state index in [2.05, 4.69) is 24.5 Å². The summed E-state index contributed by atoms with van der Waals surface area (Å²) in [5.41, 5.74) is 4.30. The van der Waals surface area contributed by atoms with Crippen LogP contribution in [0, 0.1) is 6.92 Å².